The van der Waals surface area contributed by atoms with Gasteiger partial charge in [0.1, 0.15) is 0 Å². The van der Waals surface area contributed by atoms with Crippen molar-refractivity contribution in [1.82, 2.24) is 4.90 Å². The molecule has 0 atom stereocenters. The molecule has 0 unspecified atom stereocenters. The van der Waals surface area contributed by atoms with Crippen LogP contribution in [-0.2, 0) is 0 Å². The van der Waals surface area contributed by atoms with Crippen LogP contribution in [0.1, 0.15) is 24.8 Å². The zero-order chi connectivity index (χ0) is 12.1. The Morgan fingerprint density at radius 1 is 1.12 bits per heavy atom. The van der Waals surface area contributed by atoms with Crippen molar-refractivity contribution in [3.05, 3.63) is 35.4 Å². The number of likely N-dealkylation sites (tertiary alicyclic amines) is 1. The number of halogens is 2. The molecule has 1 aromatic carbocycles. The van der Waals surface area contributed by atoms with Gasteiger partial charge in [-0.15, -0.1) is 0 Å². The average Bonchev–Trinajstić information content (AvgIpc) is 2.36. The molecule has 3 heteroatoms. The topological polar surface area (TPSA) is 3.24 Å². The number of rotatable bonds is 1. The van der Waals surface area contributed by atoms with Gasteiger partial charge >= 0.3 is 0 Å². The highest BCUT2D eigenvalue weighted by Crippen LogP contribution is 2.10. The summed E-state index contributed by atoms with van der Waals surface area (Å²) in [6.07, 6.45) is 3.69. The minimum atomic E-state index is -0.848. The van der Waals surface area contributed by atoms with Gasteiger partial charge in [0.15, 0.2) is 11.6 Å². The first-order chi connectivity index (χ1) is 8.27. The number of benzene rings is 1. The van der Waals surface area contributed by atoms with Crippen LogP contribution in [0.4, 0.5) is 8.78 Å². The molecule has 0 N–H and O–H groups in total. The van der Waals surface area contributed by atoms with Gasteiger partial charge in [-0.2, -0.15) is 0 Å². The highest BCUT2D eigenvalue weighted by atomic mass is 19.2. The van der Waals surface area contributed by atoms with Crippen LogP contribution in [-0.4, -0.2) is 24.5 Å². The second-order valence-electron chi connectivity index (χ2n) is 4.24. The van der Waals surface area contributed by atoms with Gasteiger partial charge in [-0.05, 0) is 38.1 Å². The van der Waals surface area contributed by atoms with Crippen LogP contribution in [0.5, 0.6) is 0 Å². The van der Waals surface area contributed by atoms with Crippen molar-refractivity contribution in [3.63, 3.8) is 0 Å². The molecular weight excluding hydrogens is 220 g/mol. The minimum absolute atomic E-state index is 0.141. The molecule has 1 nitrogen and oxygen atoms in total. The molecule has 0 bridgehead atoms. The van der Waals surface area contributed by atoms with Crippen LogP contribution in [0.15, 0.2) is 18.2 Å². The third kappa shape index (κ3) is 3.28. The summed E-state index contributed by atoms with van der Waals surface area (Å²) in [5, 5.41) is 0. The number of hydrogen-bond donors (Lipinski definition) is 0. The third-order valence-corrected chi connectivity index (χ3v) is 2.93. The van der Waals surface area contributed by atoms with Crippen molar-refractivity contribution in [2.24, 2.45) is 0 Å². The fraction of sp³-hybridized carbons (Fsp3) is 0.429. The SMILES string of the molecule is Fc1cccc(C#CCN2CCCCC2)c1F. The molecule has 0 saturated carbocycles. The lowest BCUT2D eigenvalue weighted by Gasteiger charge is -2.23. The van der Waals surface area contributed by atoms with E-state index >= 15 is 0 Å². The molecule has 0 spiro atoms. The molecule has 0 aliphatic carbocycles. The molecule has 1 aliphatic heterocycles. The van der Waals surface area contributed by atoms with E-state index in [4.69, 9.17) is 0 Å². The summed E-state index contributed by atoms with van der Waals surface area (Å²) in [7, 11) is 0. The van der Waals surface area contributed by atoms with Gasteiger partial charge in [0.05, 0.1) is 12.1 Å². The second kappa shape index (κ2) is 5.79. The van der Waals surface area contributed by atoms with Gasteiger partial charge in [0, 0.05) is 0 Å². The zero-order valence-corrected chi connectivity index (χ0v) is 9.68. The lowest BCUT2D eigenvalue weighted by Crippen LogP contribution is -2.29. The van der Waals surface area contributed by atoms with Crippen LogP contribution in [0, 0.1) is 23.5 Å². The van der Waals surface area contributed by atoms with E-state index < -0.39 is 11.6 Å². The van der Waals surface area contributed by atoms with E-state index in [2.05, 4.69) is 16.7 Å². The van der Waals surface area contributed by atoms with Crippen molar-refractivity contribution in [3.8, 4) is 11.8 Å². The highest BCUT2D eigenvalue weighted by molar-refractivity contribution is 5.36. The Morgan fingerprint density at radius 3 is 2.65 bits per heavy atom. The molecule has 1 fully saturated rings. The molecule has 1 aliphatic rings. The summed E-state index contributed by atoms with van der Waals surface area (Å²) in [5.41, 5.74) is 0.141. The molecule has 1 heterocycles. The van der Waals surface area contributed by atoms with Crippen molar-refractivity contribution in [2.45, 2.75) is 19.3 Å². The monoisotopic (exact) mass is 235 g/mol. The minimum Gasteiger partial charge on any atom is -0.292 e. The molecular formula is C14H15F2N. The number of piperidine rings is 1. The van der Waals surface area contributed by atoms with Crippen LogP contribution in [0.3, 0.4) is 0 Å². The fourth-order valence-corrected chi connectivity index (χ4v) is 1.96. The maximum atomic E-state index is 13.3. The smallest absolute Gasteiger partial charge is 0.174 e. The molecule has 0 amide bonds. The predicted molar refractivity (Wildman–Crippen MR) is 63.5 cm³/mol. The Labute approximate surface area is 100 Å². The Morgan fingerprint density at radius 2 is 1.88 bits per heavy atom. The lowest BCUT2D eigenvalue weighted by atomic mass is 10.1. The van der Waals surface area contributed by atoms with E-state index in [1.807, 2.05) is 0 Å². The summed E-state index contributed by atoms with van der Waals surface area (Å²) in [5.74, 6) is 3.92. The maximum Gasteiger partial charge on any atom is 0.174 e. The Balaban J connectivity index is 1.98. The maximum absolute atomic E-state index is 13.3. The van der Waals surface area contributed by atoms with Crippen LogP contribution in [0.2, 0.25) is 0 Å². The number of hydrogen-bond acceptors (Lipinski definition) is 1. The number of nitrogens with zero attached hydrogens (tertiary/aromatic N) is 1. The van der Waals surface area contributed by atoms with Gasteiger partial charge in [-0.25, -0.2) is 8.78 Å². The summed E-state index contributed by atoms with van der Waals surface area (Å²) in [4.78, 5) is 2.24. The molecule has 0 aromatic heterocycles. The summed E-state index contributed by atoms with van der Waals surface area (Å²) >= 11 is 0. The van der Waals surface area contributed by atoms with E-state index in [1.165, 1.54) is 31.4 Å². The standard InChI is InChI=1S/C14H15F2N/c15-13-8-4-6-12(14(13)16)7-5-11-17-9-2-1-3-10-17/h4,6,8H,1-3,9-11H2. The lowest BCUT2D eigenvalue weighted by molar-refractivity contribution is 0.255. The van der Waals surface area contributed by atoms with Gasteiger partial charge in [-0.3, -0.25) is 4.90 Å². The van der Waals surface area contributed by atoms with Crippen molar-refractivity contribution in [1.29, 1.82) is 0 Å². The van der Waals surface area contributed by atoms with Crippen molar-refractivity contribution >= 4 is 0 Å². The first-order valence-corrected chi connectivity index (χ1v) is 5.92. The largest absolute Gasteiger partial charge is 0.292 e. The quantitative estimate of drug-likeness (QED) is 0.676. The van der Waals surface area contributed by atoms with E-state index in [0.717, 1.165) is 19.2 Å². The third-order valence-electron chi connectivity index (χ3n) is 2.93. The Bertz CT molecular complexity index is 439. The molecule has 1 aromatic rings. The predicted octanol–water partition coefficient (Wildman–Crippen LogP) is 2.80. The first kappa shape index (κ1) is 12.1. The van der Waals surface area contributed by atoms with Crippen LogP contribution >= 0.6 is 0 Å². The molecule has 0 radical (unpaired) electrons. The van der Waals surface area contributed by atoms with Gasteiger partial charge in [-0.1, -0.05) is 24.3 Å². The summed E-state index contributed by atoms with van der Waals surface area (Å²) < 4.78 is 26.2. The van der Waals surface area contributed by atoms with Crippen molar-refractivity contribution in [2.75, 3.05) is 19.6 Å². The average molecular weight is 235 g/mol. The fourth-order valence-electron chi connectivity index (χ4n) is 1.96. The molecule has 17 heavy (non-hydrogen) atoms. The van der Waals surface area contributed by atoms with E-state index in [9.17, 15) is 8.78 Å². The van der Waals surface area contributed by atoms with Gasteiger partial charge in [0.25, 0.3) is 0 Å². The normalized spacial score (nSPS) is 16.4. The Hall–Kier alpha value is -1.40. The van der Waals surface area contributed by atoms with E-state index in [-0.39, 0.29) is 5.56 Å². The molecule has 2 rings (SSSR count). The summed E-state index contributed by atoms with van der Waals surface area (Å²) in [6, 6.07) is 4.08. The second-order valence-corrected chi connectivity index (χ2v) is 4.24. The molecule has 90 valence electrons. The van der Waals surface area contributed by atoms with Crippen LogP contribution < -0.4 is 0 Å². The van der Waals surface area contributed by atoms with Gasteiger partial charge < -0.3 is 0 Å². The summed E-state index contributed by atoms with van der Waals surface area (Å²) in [6.45, 7) is 2.75. The first-order valence-electron chi connectivity index (χ1n) is 5.92. The van der Waals surface area contributed by atoms with Gasteiger partial charge in [0.2, 0.25) is 0 Å². The van der Waals surface area contributed by atoms with E-state index in [0.29, 0.717) is 6.54 Å². The highest BCUT2D eigenvalue weighted by Gasteiger charge is 2.08. The van der Waals surface area contributed by atoms with Crippen molar-refractivity contribution < 1.29 is 8.78 Å². The Kier molecular flexibility index (Phi) is 4.11. The zero-order valence-electron chi connectivity index (χ0n) is 9.68. The van der Waals surface area contributed by atoms with E-state index in [1.54, 1.807) is 0 Å². The molecule has 1 saturated heterocycles. The van der Waals surface area contributed by atoms with Crippen LogP contribution in [0.25, 0.3) is 0 Å².